The Hall–Kier alpha value is -3.16. The molecule has 3 aromatic carbocycles. The van der Waals surface area contributed by atoms with Gasteiger partial charge in [-0.3, -0.25) is 4.79 Å². The zero-order chi connectivity index (χ0) is 21.1. The minimum absolute atomic E-state index is 0.0267. The first-order chi connectivity index (χ1) is 14.5. The average molecular weight is 484 g/mol. The second-order valence-electron chi connectivity index (χ2n) is 6.31. The Morgan fingerprint density at radius 2 is 1.83 bits per heavy atom. The highest BCUT2D eigenvalue weighted by atomic mass is 79.9. The van der Waals surface area contributed by atoms with Crippen LogP contribution in [0, 0.1) is 0 Å². The van der Waals surface area contributed by atoms with Gasteiger partial charge in [0.25, 0.3) is 5.91 Å². The van der Waals surface area contributed by atoms with Crippen molar-refractivity contribution in [1.29, 1.82) is 0 Å². The number of rotatable bonds is 5. The van der Waals surface area contributed by atoms with E-state index in [2.05, 4.69) is 31.3 Å². The van der Waals surface area contributed by atoms with Crippen LogP contribution in [0.2, 0.25) is 5.02 Å². The number of nitrogens with one attached hydrogen (secondary N) is 1. The van der Waals surface area contributed by atoms with Crippen molar-refractivity contribution in [2.75, 3.05) is 12.4 Å². The van der Waals surface area contributed by atoms with Gasteiger partial charge in [-0.2, -0.15) is 0 Å². The number of carbonyl (C=O) groups excluding carboxylic acids is 1. The third-order valence-corrected chi connectivity index (χ3v) is 5.08. The molecule has 4 aromatic rings. The van der Waals surface area contributed by atoms with Gasteiger partial charge >= 0.3 is 0 Å². The van der Waals surface area contributed by atoms with Gasteiger partial charge in [-0.05, 0) is 48.5 Å². The van der Waals surface area contributed by atoms with Crippen LogP contribution in [0.4, 0.5) is 5.69 Å². The largest absolute Gasteiger partial charge is 0.495 e. The van der Waals surface area contributed by atoms with E-state index in [4.69, 9.17) is 16.3 Å². The summed E-state index contributed by atoms with van der Waals surface area (Å²) in [6, 6.07) is 22.0. The van der Waals surface area contributed by atoms with E-state index in [9.17, 15) is 4.79 Å². The lowest BCUT2D eigenvalue weighted by atomic mass is 10.2. The van der Waals surface area contributed by atoms with Crippen LogP contribution in [0.1, 0.15) is 10.6 Å². The van der Waals surface area contributed by atoms with Gasteiger partial charge in [0.1, 0.15) is 5.75 Å². The van der Waals surface area contributed by atoms with Crippen molar-refractivity contribution in [2.24, 2.45) is 0 Å². The molecule has 150 valence electrons. The summed E-state index contributed by atoms with van der Waals surface area (Å²) in [5.41, 5.74) is 2.04. The number of nitrogens with zero attached hydrogens (tertiary/aromatic N) is 3. The van der Waals surface area contributed by atoms with E-state index < -0.39 is 5.91 Å². The van der Waals surface area contributed by atoms with Crippen molar-refractivity contribution in [3.63, 3.8) is 0 Å². The Kier molecular flexibility index (Phi) is 5.83. The summed E-state index contributed by atoms with van der Waals surface area (Å²) in [5, 5.41) is 7.84. The van der Waals surface area contributed by atoms with Crippen molar-refractivity contribution < 1.29 is 9.53 Å². The molecular weight excluding hydrogens is 468 g/mol. The summed E-state index contributed by atoms with van der Waals surface area (Å²) in [6.07, 6.45) is 0. The van der Waals surface area contributed by atoms with Crippen molar-refractivity contribution in [3.05, 3.63) is 88.1 Å². The van der Waals surface area contributed by atoms with Crippen LogP contribution in [0.25, 0.3) is 17.1 Å². The van der Waals surface area contributed by atoms with Gasteiger partial charge in [0.05, 0.1) is 18.5 Å². The maximum absolute atomic E-state index is 12.9. The Balaban J connectivity index is 1.76. The third kappa shape index (κ3) is 4.22. The van der Waals surface area contributed by atoms with E-state index in [0.717, 1.165) is 15.7 Å². The number of benzene rings is 3. The Bertz CT molecular complexity index is 1210. The summed E-state index contributed by atoms with van der Waals surface area (Å²) in [6.45, 7) is 0. The van der Waals surface area contributed by atoms with Crippen molar-refractivity contribution in [2.45, 2.75) is 0 Å². The minimum Gasteiger partial charge on any atom is -0.495 e. The molecule has 0 aliphatic carbocycles. The van der Waals surface area contributed by atoms with Crippen LogP contribution in [0.5, 0.6) is 5.75 Å². The topological polar surface area (TPSA) is 69.0 Å². The maximum atomic E-state index is 12.9. The SMILES string of the molecule is COc1ccccc1NC(=O)c1nc(-c2cccc(Cl)c2)n(-c2ccc(Br)cc2)n1. The summed E-state index contributed by atoms with van der Waals surface area (Å²) in [7, 11) is 1.54. The van der Waals surface area contributed by atoms with Crippen molar-refractivity contribution in [1.82, 2.24) is 14.8 Å². The molecule has 0 saturated carbocycles. The minimum atomic E-state index is -0.446. The van der Waals surface area contributed by atoms with E-state index in [1.54, 1.807) is 36.1 Å². The molecule has 0 radical (unpaired) electrons. The van der Waals surface area contributed by atoms with Crippen LogP contribution in [-0.2, 0) is 0 Å². The van der Waals surface area contributed by atoms with Gasteiger partial charge in [-0.25, -0.2) is 9.67 Å². The zero-order valence-electron chi connectivity index (χ0n) is 15.8. The molecule has 6 nitrogen and oxygen atoms in total. The van der Waals surface area contributed by atoms with E-state index >= 15 is 0 Å². The average Bonchev–Trinajstić information content (AvgIpc) is 3.20. The summed E-state index contributed by atoms with van der Waals surface area (Å²) >= 11 is 9.60. The highest BCUT2D eigenvalue weighted by molar-refractivity contribution is 9.10. The van der Waals surface area contributed by atoms with Crippen LogP contribution in [0.3, 0.4) is 0 Å². The molecule has 0 unspecified atom stereocenters. The number of hydrogen-bond donors (Lipinski definition) is 1. The molecule has 1 aromatic heterocycles. The van der Waals surface area contributed by atoms with Gasteiger partial charge in [-0.15, -0.1) is 5.10 Å². The molecule has 1 heterocycles. The molecule has 0 atom stereocenters. The second kappa shape index (κ2) is 8.69. The molecule has 0 saturated heterocycles. The van der Waals surface area contributed by atoms with Crippen LogP contribution < -0.4 is 10.1 Å². The van der Waals surface area contributed by atoms with E-state index in [-0.39, 0.29) is 5.82 Å². The number of aromatic nitrogens is 3. The first kappa shape index (κ1) is 20.1. The number of ether oxygens (including phenoxy) is 1. The van der Waals surface area contributed by atoms with Gasteiger partial charge in [-0.1, -0.05) is 51.8 Å². The zero-order valence-corrected chi connectivity index (χ0v) is 18.2. The molecule has 0 fully saturated rings. The highest BCUT2D eigenvalue weighted by Crippen LogP contribution is 2.26. The normalized spacial score (nSPS) is 10.6. The highest BCUT2D eigenvalue weighted by Gasteiger charge is 2.20. The predicted molar refractivity (Wildman–Crippen MR) is 120 cm³/mol. The van der Waals surface area contributed by atoms with Crippen LogP contribution in [0.15, 0.2) is 77.3 Å². The number of carbonyl (C=O) groups is 1. The maximum Gasteiger partial charge on any atom is 0.295 e. The molecule has 30 heavy (non-hydrogen) atoms. The van der Waals surface area contributed by atoms with Gasteiger partial charge < -0.3 is 10.1 Å². The molecule has 0 aliphatic rings. The predicted octanol–water partition coefficient (Wildman–Crippen LogP) is 5.61. The molecule has 1 N–H and O–H groups in total. The van der Waals surface area contributed by atoms with E-state index in [1.807, 2.05) is 48.5 Å². The molecular formula is C22H16BrClN4O2. The quantitative estimate of drug-likeness (QED) is 0.400. The number of halogens is 2. The van der Waals surface area contributed by atoms with Crippen molar-refractivity contribution in [3.8, 4) is 22.8 Å². The van der Waals surface area contributed by atoms with E-state index in [1.165, 1.54) is 0 Å². The molecule has 0 bridgehead atoms. The van der Waals surface area contributed by atoms with Crippen molar-refractivity contribution >= 4 is 39.1 Å². The van der Waals surface area contributed by atoms with E-state index in [0.29, 0.717) is 22.3 Å². The lowest BCUT2D eigenvalue weighted by Gasteiger charge is -2.08. The Morgan fingerprint density at radius 3 is 2.57 bits per heavy atom. The number of methoxy groups -OCH3 is 1. The number of hydrogen-bond acceptors (Lipinski definition) is 4. The van der Waals surface area contributed by atoms with Gasteiger partial charge in [0.2, 0.25) is 5.82 Å². The number of para-hydroxylation sites is 2. The molecule has 1 amide bonds. The molecule has 0 aliphatic heterocycles. The fourth-order valence-corrected chi connectivity index (χ4v) is 3.37. The fraction of sp³-hybridized carbons (Fsp3) is 0.0455. The van der Waals surface area contributed by atoms with Gasteiger partial charge in [0, 0.05) is 15.1 Å². The number of amides is 1. The Labute approximate surface area is 186 Å². The summed E-state index contributed by atoms with van der Waals surface area (Å²) < 4.78 is 7.85. The monoisotopic (exact) mass is 482 g/mol. The molecule has 0 spiro atoms. The first-order valence-electron chi connectivity index (χ1n) is 8.98. The third-order valence-electron chi connectivity index (χ3n) is 4.32. The standard InChI is InChI=1S/C22H16BrClN4O2/c1-30-19-8-3-2-7-18(19)25-22(29)20-26-21(14-5-4-6-16(24)13-14)28(27-20)17-11-9-15(23)10-12-17/h2-13H,1H3,(H,25,29). The lowest BCUT2D eigenvalue weighted by Crippen LogP contribution is -2.14. The smallest absolute Gasteiger partial charge is 0.295 e. The fourth-order valence-electron chi connectivity index (χ4n) is 2.91. The van der Waals surface area contributed by atoms with Crippen LogP contribution in [-0.4, -0.2) is 27.8 Å². The second-order valence-corrected chi connectivity index (χ2v) is 7.66. The summed E-state index contributed by atoms with van der Waals surface area (Å²) in [4.78, 5) is 17.4. The molecule has 4 rings (SSSR count). The Morgan fingerprint density at radius 1 is 1.07 bits per heavy atom. The lowest BCUT2D eigenvalue weighted by molar-refractivity contribution is 0.101. The van der Waals surface area contributed by atoms with Crippen LogP contribution >= 0.6 is 27.5 Å². The van der Waals surface area contributed by atoms with Gasteiger partial charge in [0.15, 0.2) is 5.82 Å². The summed E-state index contributed by atoms with van der Waals surface area (Å²) in [5.74, 6) is 0.635. The molecule has 8 heteroatoms. The first-order valence-corrected chi connectivity index (χ1v) is 10.2. The number of anilines is 1.